The highest BCUT2D eigenvalue weighted by atomic mass is 79.9. The van der Waals surface area contributed by atoms with Crippen LogP contribution >= 0.6 is 15.9 Å². The Hall–Kier alpha value is -1.46. The Morgan fingerprint density at radius 2 is 1.85 bits per heavy atom. The van der Waals surface area contributed by atoms with Gasteiger partial charge in [0.2, 0.25) is 0 Å². The highest BCUT2D eigenvalue weighted by Crippen LogP contribution is 2.33. The first-order valence-electron chi connectivity index (χ1n) is 6.08. The van der Waals surface area contributed by atoms with Gasteiger partial charge in [-0.3, -0.25) is 0 Å². The molecule has 20 heavy (non-hydrogen) atoms. The van der Waals surface area contributed by atoms with E-state index in [1.54, 1.807) is 18.2 Å². The maximum atomic E-state index is 13.7. The highest BCUT2D eigenvalue weighted by Gasteiger charge is 2.21. The van der Waals surface area contributed by atoms with E-state index in [-0.39, 0.29) is 5.56 Å². The summed E-state index contributed by atoms with van der Waals surface area (Å²) in [7, 11) is 0. The molecule has 0 aliphatic rings. The standard InChI is InChI=1S/C15H13BrF2O2/c1-2-20-9-6-7-10(11(16)8-9)15(19)14-12(17)4-3-5-13(14)18/h3-8,15,19H,2H2,1H3. The van der Waals surface area contributed by atoms with Gasteiger partial charge in [0.05, 0.1) is 12.2 Å². The lowest BCUT2D eigenvalue weighted by Gasteiger charge is -2.15. The van der Waals surface area contributed by atoms with E-state index in [1.807, 2.05) is 6.92 Å². The number of aliphatic hydroxyl groups excluding tert-OH is 1. The van der Waals surface area contributed by atoms with Crippen molar-refractivity contribution < 1.29 is 18.6 Å². The molecule has 2 nitrogen and oxygen atoms in total. The molecule has 1 unspecified atom stereocenters. The maximum absolute atomic E-state index is 13.7. The molecule has 0 amide bonds. The first kappa shape index (κ1) is 14.9. The molecule has 1 N–H and O–H groups in total. The van der Waals surface area contributed by atoms with Crippen molar-refractivity contribution in [2.45, 2.75) is 13.0 Å². The molecule has 2 aromatic rings. The normalized spacial score (nSPS) is 12.2. The number of hydrogen-bond acceptors (Lipinski definition) is 2. The molecule has 0 saturated heterocycles. The van der Waals surface area contributed by atoms with Gasteiger partial charge >= 0.3 is 0 Å². The van der Waals surface area contributed by atoms with Gasteiger partial charge in [-0.25, -0.2) is 8.78 Å². The molecule has 0 aliphatic carbocycles. The fourth-order valence-corrected chi connectivity index (χ4v) is 2.49. The molecule has 0 heterocycles. The van der Waals surface area contributed by atoms with Gasteiger partial charge < -0.3 is 9.84 Å². The maximum Gasteiger partial charge on any atom is 0.132 e. The van der Waals surface area contributed by atoms with Crippen LogP contribution in [-0.4, -0.2) is 11.7 Å². The monoisotopic (exact) mass is 342 g/mol. The number of halogens is 3. The summed E-state index contributed by atoms with van der Waals surface area (Å²) in [6.07, 6.45) is -1.39. The topological polar surface area (TPSA) is 29.5 Å². The Kier molecular flexibility index (Phi) is 4.73. The minimum absolute atomic E-state index is 0.364. The van der Waals surface area contributed by atoms with E-state index in [9.17, 15) is 13.9 Å². The predicted octanol–water partition coefficient (Wildman–Crippen LogP) is 4.21. The fourth-order valence-electron chi connectivity index (χ4n) is 1.91. The molecule has 0 bridgehead atoms. The lowest BCUT2D eigenvalue weighted by Crippen LogP contribution is -2.06. The molecule has 0 spiro atoms. The van der Waals surface area contributed by atoms with E-state index in [0.717, 1.165) is 12.1 Å². The van der Waals surface area contributed by atoms with Gasteiger partial charge in [0.1, 0.15) is 23.5 Å². The lowest BCUT2D eigenvalue weighted by molar-refractivity contribution is 0.208. The number of benzene rings is 2. The van der Waals surface area contributed by atoms with E-state index < -0.39 is 17.7 Å². The van der Waals surface area contributed by atoms with Gasteiger partial charge in [0.25, 0.3) is 0 Å². The second kappa shape index (κ2) is 6.33. The van der Waals surface area contributed by atoms with Crippen molar-refractivity contribution >= 4 is 15.9 Å². The third-order valence-electron chi connectivity index (χ3n) is 2.85. The van der Waals surface area contributed by atoms with Crippen LogP contribution in [0.15, 0.2) is 40.9 Å². The largest absolute Gasteiger partial charge is 0.494 e. The summed E-state index contributed by atoms with van der Waals surface area (Å²) in [5.41, 5.74) is 0.00909. The van der Waals surface area contributed by atoms with E-state index in [4.69, 9.17) is 4.74 Å². The van der Waals surface area contributed by atoms with Gasteiger partial charge in [-0.05, 0) is 36.8 Å². The number of ether oxygens (including phenoxy) is 1. The number of hydrogen-bond donors (Lipinski definition) is 1. The molecule has 1 atom stereocenters. The Bertz CT molecular complexity index is 597. The van der Waals surface area contributed by atoms with Crippen LogP contribution in [0.25, 0.3) is 0 Å². The Labute approximate surface area is 124 Å². The zero-order chi connectivity index (χ0) is 14.7. The third kappa shape index (κ3) is 2.99. The summed E-state index contributed by atoms with van der Waals surface area (Å²) in [4.78, 5) is 0. The summed E-state index contributed by atoms with van der Waals surface area (Å²) in [5.74, 6) is -0.944. The first-order chi connectivity index (χ1) is 9.54. The van der Waals surface area contributed by atoms with Gasteiger partial charge in [0.15, 0.2) is 0 Å². The molecule has 2 rings (SSSR count). The van der Waals surface area contributed by atoms with E-state index in [0.29, 0.717) is 22.4 Å². The van der Waals surface area contributed by atoms with Crippen molar-refractivity contribution in [1.29, 1.82) is 0 Å². The van der Waals surface area contributed by atoms with Crippen LogP contribution in [0.1, 0.15) is 24.2 Å². The SMILES string of the molecule is CCOc1ccc(C(O)c2c(F)cccc2F)c(Br)c1. The highest BCUT2D eigenvalue weighted by molar-refractivity contribution is 9.10. The molecule has 0 aliphatic heterocycles. The smallest absolute Gasteiger partial charge is 0.132 e. The molecule has 106 valence electrons. The van der Waals surface area contributed by atoms with E-state index in [2.05, 4.69) is 15.9 Å². The summed E-state index contributed by atoms with van der Waals surface area (Å²) in [5, 5.41) is 10.2. The minimum atomic E-state index is -1.39. The van der Waals surface area contributed by atoms with Crippen LogP contribution in [0.3, 0.4) is 0 Å². The van der Waals surface area contributed by atoms with Gasteiger partial charge in [-0.15, -0.1) is 0 Å². The Morgan fingerprint density at radius 1 is 1.20 bits per heavy atom. The van der Waals surface area contributed by atoms with Gasteiger partial charge in [0, 0.05) is 4.47 Å². The molecule has 2 aromatic carbocycles. The van der Waals surface area contributed by atoms with E-state index in [1.165, 1.54) is 6.07 Å². The third-order valence-corrected chi connectivity index (χ3v) is 3.54. The van der Waals surface area contributed by atoms with Crippen molar-refractivity contribution in [3.8, 4) is 5.75 Å². The lowest BCUT2D eigenvalue weighted by atomic mass is 10.0. The predicted molar refractivity (Wildman–Crippen MR) is 75.7 cm³/mol. The quantitative estimate of drug-likeness (QED) is 0.901. The van der Waals surface area contributed by atoms with Crippen molar-refractivity contribution in [1.82, 2.24) is 0 Å². The Morgan fingerprint density at radius 3 is 2.40 bits per heavy atom. The summed E-state index contributed by atoms with van der Waals surface area (Å²) < 4.78 is 33.2. The van der Waals surface area contributed by atoms with Crippen LogP contribution in [0.2, 0.25) is 0 Å². The summed E-state index contributed by atoms with van der Waals surface area (Å²) >= 11 is 3.28. The molecule has 0 fully saturated rings. The molecular weight excluding hydrogens is 330 g/mol. The molecule has 0 saturated carbocycles. The van der Waals surface area contributed by atoms with E-state index >= 15 is 0 Å². The fraction of sp³-hybridized carbons (Fsp3) is 0.200. The van der Waals surface area contributed by atoms with Crippen molar-refractivity contribution in [3.05, 3.63) is 63.6 Å². The van der Waals surface area contributed by atoms with Gasteiger partial charge in [-0.2, -0.15) is 0 Å². The molecule has 0 radical (unpaired) electrons. The molecular formula is C15H13BrF2O2. The zero-order valence-electron chi connectivity index (χ0n) is 10.7. The summed E-state index contributed by atoms with van der Waals surface area (Å²) in [6.45, 7) is 2.36. The average molecular weight is 343 g/mol. The van der Waals surface area contributed by atoms with Crippen LogP contribution < -0.4 is 4.74 Å². The summed E-state index contributed by atoms with van der Waals surface area (Å²) in [6, 6.07) is 8.36. The number of rotatable bonds is 4. The minimum Gasteiger partial charge on any atom is -0.494 e. The van der Waals surface area contributed by atoms with Crippen LogP contribution in [0, 0.1) is 11.6 Å². The first-order valence-corrected chi connectivity index (χ1v) is 6.88. The van der Waals surface area contributed by atoms with Crippen molar-refractivity contribution in [2.75, 3.05) is 6.61 Å². The second-order valence-electron chi connectivity index (χ2n) is 4.15. The number of aliphatic hydroxyl groups is 1. The van der Waals surface area contributed by atoms with Gasteiger partial charge in [-0.1, -0.05) is 28.1 Å². The van der Waals surface area contributed by atoms with Crippen LogP contribution in [-0.2, 0) is 0 Å². The van der Waals surface area contributed by atoms with Crippen LogP contribution in [0.4, 0.5) is 8.78 Å². The molecule has 0 aromatic heterocycles. The average Bonchev–Trinajstić information content (AvgIpc) is 2.38. The zero-order valence-corrected chi connectivity index (χ0v) is 12.3. The molecule has 5 heteroatoms. The van der Waals surface area contributed by atoms with Crippen molar-refractivity contribution in [3.63, 3.8) is 0 Å². The Balaban J connectivity index is 2.41. The van der Waals surface area contributed by atoms with Crippen LogP contribution in [0.5, 0.6) is 5.75 Å². The second-order valence-corrected chi connectivity index (χ2v) is 5.01. The van der Waals surface area contributed by atoms with Crippen molar-refractivity contribution in [2.24, 2.45) is 0 Å².